The fourth-order valence-electron chi connectivity index (χ4n) is 1.54. The van der Waals surface area contributed by atoms with Gasteiger partial charge >= 0.3 is 0 Å². The molecule has 0 bridgehead atoms. The standard InChI is InChI=1S/C13H12O2/c1-15-12-8-6-11(7-9-12)13(14)10-4-2-3-5-10/h2-4,6-9H,5H2,1H3. The summed E-state index contributed by atoms with van der Waals surface area (Å²) in [7, 11) is 1.61. The molecule has 2 nitrogen and oxygen atoms in total. The molecule has 0 aliphatic heterocycles. The predicted molar refractivity (Wildman–Crippen MR) is 59.2 cm³/mol. The second-order valence-electron chi connectivity index (χ2n) is 3.38. The van der Waals surface area contributed by atoms with Crippen molar-refractivity contribution in [3.63, 3.8) is 0 Å². The molecule has 1 aromatic rings. The second-order valence-corrected chi connectivity index (χ2v) is 3.38. The molecule has 0 radical (unpaired) electrons. The van der Waals surface area contributed by atoms with Crippen LogP contribution in [-0.4, -0.2) is 12.9 Å². The average Bonchev–Trinajstić information content (AvgIpc) is 2.82. The van der Waals surface area contributed by atoms with Crippen molar-refractivity contribution < 1.29 is 9.53 Å². The summed E-state index contributed by atoms with van der Waals surface area (Å²) in [5, 5.41) is 0. The number of allylic oxidation sites excluding steroid dienone is 4. The van der Waals surface area contributed by atoms with Gasteiger partial charge in [0.1, 0.15) is 5.75 Å². The van der Waals surface area contributed by atoms with E-state index in [9.17, 15) is 4.79 Å². The van der Waals surface area contributed by atoms with Crippen molar-refractivity contribution in [3.8, 4) is 5.75 Å². The number of hydrogen-bond acceptors (Lipinski definition) is 2. The number of rotatable bonds is 3. The zero-order chi connectivity index (χ0) is 10.7. The maximum absolute atomic E-state index is 11.9. The van der Waals surface area contributed by atoms with Crippen LogP contribution in [0.3, 0.4) is 0 Å². The van der Waals surface area contributed by atoms with Crippen LogP contribution < -0.4 is 4.74 Å². The van der Waals surface area contributed by atoms with E-state index in [1.165, 1.54) is 0 Å². The van der Waals surface area contributed by atoms with Crippen LogP contribution in [0.2, 0.25) is 0 Å². The van der Waals surface area contributed by atoms with E-state index in [1.807, 2.05) is 18.2 Å². The summed E-state index contributed by atoms with van der Waals surface area (Å²) in [4.78, 5) is 11.9. The number of ether oxygens (including phenoxy) is 1. The third-order valence-electron chi connectivity index (χ3n) is 2.42. The Morgan fingerprint density at radius 2 is 2.00 bits per heavy atom. The number of ketones is 1. The first-order chi connectivity index (χ1) is 7.31. The monoisotopic (exact) mass is 200 g/mol. The van der Waals surface area contributed by atoms with Gasteiger partial charge in [-0.2, -0.15) is 0 Å². The quantitative estimate of drug-likeness (QED) is 0.701. The van der Waals surface area contributed by atoms with Crippen molar-refractivity contribution in [1.29, 1.82) is 0 Å². The van der Waals surface area contributed by atoms with Gasteiger partial charge in [-0.05, 0) is 30.7 Å². The lowest BCUT2D eigenvalue weighted by molar-refractivity contribution is 0.103. The molecule has 1 aliphatic carbocycles. The minimum absolute atomic E-state index is 0.0997. The van der Waals surface area contributed by atoms with Crippen LogP contribution in [0.1, 0.15) is 16.8 Å². The molecule has 1 aromatic carbocycles. The summed E-state index contributed by atoms with van der Waals surface area (Å²) in [6.45, 7) is 0. The van der Waals surface area contributed by atoms with Crippen molar-refractivity contribution >= 4 is 5.78 Å². The minimum Gasteiger partial charge on any atom is -0.497 e. The van der Waals surface area contributed by atoms with E-state index in [0.717, 1.165) is 17.7 Å². The Labute approximate surface area is 88.9 Å². The van der Waals surface area contributed by atoms with E-state index in [4.69, 9.17) is 4.74 Å². The average molecular weight is 200 g/mol. The van der Waals surface area contributed by atoms with Crippen molar-refractivity contribution in [2.75, 3.05) is 7.11 Å². The Kier molecular flexibility index (Phi) is 2.68. The summed E-state index contributed by atoms with van der Waals surface area (Å²) >= 11 is 0. The molecular weight excluding hydrogens is 188 g/mol. The van der Waals surface area contributed by atoms with Crippen molar-refractivity contribution in [2.24, 2.45) is 0 Å². The highest BCUT2D eigenvalue weighted by molar-refractivity contribution is 6.09. The van der Waals surface area contributed by atoms with Gasteiger partial charge in [-0.15, -0.1) is 0 Å². The lowest BCUT2D eigenvalue weighted by Crippen LogP contribution is -2.01. The van der Waals surface area contributed by atoms with Gasteiger partial charge in [-0.25, -0.2) is 0 Å². The topological polar surface area (TPSA) is 26.3 Å². The SMILES string of the molecule is COc1ccc(C(=O)C2=CC=CC2)cc1. The van der Waals surface area contributed by atoms with Gasteiger partial charge in [0.05, 0.1) is 7.11 Å². The van der Waals surface area contributed by atoms with Crippen LogP contribution in [0.5, 0.6) is 5.75 Å². The van der Waals surface area contributed by atoms with Crippen LogP contribution in [0.15, 0.2) is 48.1 Å². The number of Topliss-reactive ketones (excluding diaryl/α,β-unsaturated/α-hetero) is 1. The summed E-state index contributed by atoms with van der Waals surface area (Å²) in [6, 6.07) is 7.19. The van der Waals surface area contributed by atoms with Crippen molar-refractivity contribution in [2.45, 2.75) is 6.42 Å². The molecule has 0 spiro atoms. The summed E-state index contributed by atoms with van der Waals surface area (Å²) in [6.07, 6.45) is 6.50. The molecule has 0 saturated carbocycles. The van der Waals surface area contributed by atoms with Crippen molar-refractivity contribution in [3.05, 3.63) is 53.6 Å². The fraction of sp³-hybridized carbons (Fsp3) is 0.154. The third-order valence-corrected chi connectivity index (χ3v) is 2.42. The molecule has 15 heavy (non-hydrogen) atoms. The van der Waals surface area contributed by atoms with Gasteiger partial charge in [0.15, 0.2) is 5.78 Å². The van der Waals surface area contributed by atoms with E-state index in [0.29, 0.717) is 5.56 Å². The first-order valence-electron chi connectivity index (χ1n) is 4.86. The van der Waals surface area contributed by atoms with Crippen LogP contribution in [0.25, 0.3) is 0 Å². The fourth-order valence-corrected chi connectivity index (χ4v) is 1.54. The number of hydrogen-bond donors (Lipinski definition) is 0. The van der Waals surface area contributed by atoms with Gasteiger partial charge in [0.25, 0.3) is 0 Å². The zero-order valence-electron chi connectivity index (χ0n) is 8.57. The molecular formula is C13H12O2. The smallest absolute Gasteiger partial charge is 0.189 e. The van der Waals surface area contributed by atoms with E-state index < -0.39 is 0 Å². The van der Waals surface area contributed by atoms with Gasteiger partial charge < -0.3 is 4.74 Å². The Morgan fingerprint density at radius 3 is 2.53 bits per heavy atom. The molecule has 0 atom stereocenters. The highest BCUT2D eigenvalue weighted by atomic mass is 16.5. The first-order valence-corrected chi connectivity index (χ1v) is 4.86. The van der Waals surface area contributed by atoms with Gasteiger partial charge in [-0.3, -0.25) is 4.79 Å². The molecule has 0 heterocycles. The lowest BCUT2D eigenvalue weighted by Gasteiger charge is -2.03. The number of carbonyl (C=O) groups is 1. The second kappa shape index (κ2) is 4.13. The van der Waals surface area contributed by atoms with Crippen LogP contribution in [0.4, 0.5) is 0 Å². The summed E-state index contributed by atoms with van der Waals surface area (Å²) in [5.74, 6) is 0.868. The highest BCUT2D eigenvalue weighted by Gasteiger charge is 2.12. The molecule has 2 heteroatoms. The first kappa shape index (κ1) is 9.71. The normalized spacial score (nSPS) is 13.8. The molecule has 0 saturated heterocycles. The molecule has 0 aromatic heterocycles. The van der Waals surface area contributed by atoms with Gasteiger partial charge in [0, 0.05) is 11.1 Å². The van der Waals surface area contributed by atoms with Crippen LogP contribution in [0, 0.1) is 0 Å². The minimum atomic E-state index is 0.0997. The molecule has 0 amide bonds. The molecule has 0 N–H and O–H groups in total. The van der Waals surface area contributed by atoms with Crippen molar-refractivity contribution in [1.82, 2.24) is 0 Å². The molecule has 0 fully saturated rings. The van der Waals surface area contributed by atoms with E-state index >= 15 is 0 Å². The highest BCUT2D eigenvalue weighted by Crippen LogP contribution is 2.18. The van der Waals surface area contributed by atoms with E-state index in [-0.39, 0.29) is 5.78 Å². The van der Waals surface area contributed by atoms with E-state index in [2.05, 4.69) is 0 Å². The van der Waals surface area contributed by atoms with Crippen LogP contribution >= 0.6 is 0 Å². The molecule has 2 rings (SSSR count). The van der Waals surface area contributed by atoms with E-state index in [1.54, 1.807) is 31.4 Å². The molecule has 76 valence electrons. The maximum Gasteiger partial charge on any atom is 0.189 e. The van der Waals surface area contributed by atoms with Crippen LogP contribution in [-0.2, 0) is 0 Å². The largest absolute Gasteiger partial charge is 0.497 e. The Morgan fingerprint density at radius 1 is 1.27 bits per heavy atom. The zero-order valence-corrected chi connectivity index (χ0v) is 8.57. The Bertz CT molecular complexity index is 424. The summed E-state index contributed by atoms with van der Waals surface area (Å²) < 4.78 is 5.04. The lowest BCUT2D eigenvalue weighted by atomic mass is 10.0. The third kappa shape index (κ3) is 1.99. The molecule has 0 unspecified atom stereocenters. The predicted octanol–water partition coefficient (Wildman–Crippen LogP) is 2.76. The van der Waals surface area contributed by atoms with Gasteiger partial charge in [-0.1, -0.05) is 18.2 Å². The molecule has 1 aliphatic rings. The number of benzene rings is 1. The number of methoxy groups -OCH3 is 1. The Hall–Kier alpha value is -1.83. The summed E-state index contributed by atoms with van der Waals surface area (Å²) in [5.41, 5.74) is 1.56. The Balaban J connectivity index is 2.19. The number of carbonyl (C=O) groups excluding carboxylic acids is 1. The maximum atomic E-state index is 11.9. The van der Waals surface area contributed by atoms with Gasteiger partial charge in [0.2, 0.25) is 0 Å².